The molecule has 0 aliphatic heterocycles. The Morgan fingerprint density at radius 1 is 1.44 bits per heavy atom. The summed E-state index contributed by atoms with van der Waals surface area (Å²) in [5.41, 5.74) is 0.0968. The van der Waals surface area contributed by atoms with Crippen molar-refractivity contribution in [1.82, 2.24) is 0 Å². The molecule has 0 saturated heterocycles. The van der Waals surface area contributed by atoms with Gasteiger partial charge in [0.1, 0.15) is 4.33 Å². The Bertz CT molecular complexity index is 117. The van der Waals surface area contributed by atoms with Gasteiger partial charge in [-0.15, -0.1) is 23.2 Å². The van der Waals surface area contributed by atoms with Gasteiger partial charge in [-0.3, -0.25) is 0 Å². The summed E-state index contributed by atoms with van der Waals surface area (Å²) in [6.07, 6.45) is 0. The third-order valence-corrected chi connectivity index (χ3v) is 4.39. The molecular weight excluding hydrogens is 223 g/mol. The van der Waals surface area contributed by atoms with Crippen molar-refractivity contribution in [2.24, 2.45) is 11.3 Å². The van der Waals surface area contributed by atoms with Crippen LogP contribution in [0.4, 0.5) is 0 Å². The Morgan fingerprint density at radius 3 is 1.78 bits per heavy atom. The first-order valence-electron chi connectivity index (χ1n) is 2.88. The average Bonchev–Trinajstić information content (AvgIpc) is 2.00. The van der Waals surface area contributed by atoms with Gasteiger partial charge in [0.05, 0.1) is 0 Å². The highest BCUT2D eigenvalue weighted by Gasteiger charge is 2.69. The minimum Gasteiger partial charge on any atom is -0.101 e. The van der Waals surface area contributed by atoms with E-state index in [2.05, 4.69) is 29.8 Å². The maximum absolute atomic E-state index is 5.93. The van der Waals surface area contributed by atoms with Gasteiger partial charge in [0.2, 0.25) is 0 Å². The molecule has 1 aliphatic carbocycles. The van der Waals surface area contributed by atoms with Crippen LogP contribution in [0, 0.1) is 11.3 Å². The first kappa shape index (κ1) is 8.16. The Kier molecular flexibility index (Phi) is 1.83. The lowest BCUT2D eigenvalue weighted by Gasteiger charge is -1.99. The molecule has 0 amide bonds. The molecule has 0 nitrogen and oxygen atoms in total. The molecular formula is C6H9BrCl2. The molecule has 0 bridgehead atoms. The van der Waals surface area contributed by atoms with Gasteiger partial charge in [0.25, 0.3) is 0 Å². The van der Waals surface area contributed by atoms with Gasteiger partial charge in [-0.05, 0) is 0 Å². The van der Waals surface area contributed by atoms with Crippen LogP contribution in [-0.4, -0.2) is 9.66 Å². The van der Waals surface area contributed by atoms with E-state index < -0.39 is 4.33 Å². The molecule has 0 spiro atoms. The van der Waals surface area contributed by atoms with Gasteiger partial charge in [-0.25, -0.2) is 0 Å². The van der Waals surface area contributed by atoms with Crippen LogP contribution in [0.3, 0.4) is 0 Å². The molecule has 1 atom stereocenters. The summed E-state index contributed by atoms with van der Waals surface area (Å²) in [4.78, 5) is 0. The lowest BCUT2D eigenvalue weighted by Crippen LogP contribution is -1.96. The molecule has 0 heterocycles. The Balaban J connectivity index is 2.66. The van der Waals surface area contributed by atoms with Gasteiger partial charge in [-0.1, -0.05) is 29.8 Å². The second-order valence-electron chi connectivity index (χ2n) is 3.05. The van der Waals surface area contributed by atoms with Crippen molar-refractivity contribution in [2.45, 2.75) is 18.2 Å². The fourth-order valence-corrected chi connectivity index (χ4v) is 3.57. The summed E-state index contributed by atoms with van der Waals surface area (Å²) in [6.45, 7) is 4.16. The minimum absolute atomic E-state index is 0.0968. The van der Waals surface area contributed by atoms with Crippen molar-refractivity contribution in [3.63, 3.8) is 0 Å². The summed E-state index contributed by atoms with van der Waals surface area (Å²) in [6, 6.07) is 0. The molecule has 3 heteroatoms. The minimum atomic E-state index is -0.490. The molecule has 0 radical (unpaired) electrons. The number of rotatable bonds is 1. The van der Waals surface area contributed by atoms with E-state index in [1.54, 1.807) is 0 Å². The van der Waals surface area contributed by atoms with Crippen LogP contribution in [0.1, 0.15) is 13.8 Å². The number of hydrogen-bond acceptors (Lipinski definition) is 0. The first-order chi connectivity index (χ1) is 3.94. The van der Waals surface area contributed by atoms with Crippen molar-refractivity contribution in [3.8, 4) is 0 Å². The molecule has 9 heavy (non-hydrogen) atoms. The van der Waals surface area contributed by atoms with Crippen LogP contribution in [0.5, 0.6) is 0 Å². The maximum Gasteiger partial charge on any atom is 0.128 e. The zero-order valence-corrected chi connectivity index (χ0v) is 8.52. The summed E-state index contributed by atoms with van der Waals surface area (Å²) in [5.74, 6) is 0.410. The van der Waals surface area contributed by atoms with Gasteiger partial charge in [0.15, 0.2) is 0 Å². The number of halogens is 3. The SMILES string of the molecule is CC1(C)C(CBr)C1(Cl)Cl. The van der Waals surface area contributed by atoms with Crippen LogP contribution < -0.4 is 0 Å². The van der Waals surface area contributed by atoms with Gasteiger partial charge >= 0.3 is 0 Å². The second kappa shape index (κ2) is 2.02. The molecule has 1 fully saturated rings. The maximum atomic E-state index is 5.93. The largest absolute Gasteiger partial charge is 0.128 e. The summed E-state index contributed by atoms with van der Waals surface area (Å²) < 4.78 is -0.490. The Morgan fingerprint density at radius 2 is 1.78 bits per heavy atom. The van der Waals surface area contributed by atoms with Crippen LogP contribution in [0.25, 0.3) is 0 Å². The summed E-state index contributed by atoms with van der Waals surface area (Å²) >= 11 is 15.2. The third kappa shape index (κ3) is 0.928. The molecule has 1 aliphatic rings. The summed E-state index contributed by atoms with van der Waals surface area (Å²) in [5, 5.41) is 0.896. The standard InChI is InChI=1S/C6H9BrCl2/c1-5(2)4(3-7)6(5,8)9/h4H,3H2,1-2H3. The van der Waals surface area contributed by atoms with E-state index in [-0.39, 0.29) is 5.41 Å². The predicted octanol–water partition coefficient (Wildman–Crippen LogP) is 3.21. The van der Waals surface area contributed by atoms with Crippen LogP contribution in [-0.2, 0) is 0 Å². The number of hydrogen-bond donors (Lipinski definition) is 0. The van der Waals surface area contributed by atoms with E-state index in [1.165, 1.54) is 0 Å². The van der Waals surface area contributed by atoms with Gasteiger partial charge < -0.3 is 0 Å². The molecule has 0 aromatic heterocycles. The topological polar surface area (TPSA) is 0 Å². The van der Waals surface area contributed by atoms with Crippen molar-refractivity contribution in [1.29, 1.82) is 0 Å². The highest BCUT2D eigenvalue weighted by molar-refractivity contribution is 9.09. The zero-order valence-electron chi connectivity index (χ0n) is 5.42. The fourth-order valence-electron chi connectivity index (χ4n) is 1.05. The van der Waals surface area contributed by atoms with Crippen LogP contribution in [0.15, 0.2) is 0 Å². The van der Waals surface area contributed by atoms with E-state index >= 15 is 0 Å². The molecule has 0 N–H and O–H groups in total. The van der Waals surface area contributed by atoms with Gasteiger partial charge in [0, 0.05) is 16.7 Å². The molecule has 54 valence electrons. The molecule has 0 aromatic carbocycles. The van der Waals surface area contributed by atoms with E-state index in [0.717, 1.165) is 5.33 Å². The lowest BCUT2D eigenvalue weighted by atomic mass is 10.1. The van der Waals surface area contributed by atoms with Crippen LogP contribution >= 0.6 is 39.1 Å². The Hall–Kier alpha value is 1.06. The third-order valence-electron chi connectivity index (χ3n) is 2.24. The van der Waals surface area contributed by atoms with Crippen molar-refractivity contribution >= 4 is 39.1 Å². The molecule has 1 rings (SSSR count). The average molecular weight is 232 g/mol. The van der Waals surface area contributed by atoms with Gasteiger partial charge in [-0.2, -0.15) is 0 Å². The normalized spacial score (nSPS) is 36.3. The second-order valence-corrected chi connectivity index (χ2v) is 5.08. The van der Waals surface area contributed by atoms with Crippen molar-refractivity contribution < 1.29 is 0 Å². The fraction of sp³-hybridized carbons (Fsp3) is 1.00. The monoisotopic (exact) mass is 230 g/mol. The molecule has 1 saturated carbocycles. The number of alkyl halides is 3. The molecule has 1 unspecified atom stereocenters. The molecule has 0 aromatic rings. The van der Waals surface area contributed by atoms with E-state index in [1.807, 2.05) is 0 Å². The van der Waals surface area contributed by atoms with E-state index in [4.69, 9.17) is 23.2 Å². The van der Waals surface area contributed by atoms with Crippen molar-refractivity contribution in [2.75, 3.05) is 5.33 Å². The summed E-state index contributed by atoms with van der Waals surface area (Å²) in [7, 11) is 0. The Labute approximate surface area is 74.0 Å². The smallest absolute Gasteiger partial charge is 0.101 e. The zero-order chi connectivity index (χ0) is 7.28. The van der Waals surface area contributed by atoms with E-state index in [9.17, 15) is 0 Å². The quantitative estimate of drug-likeness (QED) is 0.609. The highest BCUT2D eigenvalue weighted by Crippen LogP contribution is 2.68. The van der Waals surface area contributed by atoms with Crippen molar-refractivity contribution in [3.05, 3.63) is 0 Å². The van der Waals surface area contributed by atoms with Crippen LogP contribution in [0.2, 0.25) is 0 Å². The first-order valence-corrected chi connectivity index (χ1v) is 4.76. The lowest BCUT2D eigenvalue weighted by molar-refractivity contribution is 0.587. The highest BCUT2D eigenvalue weighted by atomic mass is 79.9. The van der Waals surface area contributed by atoms with E-state index in [0.29, 0.717) is 5.92 Å². The predicted molar refractivity (Wildman–Crippen MR) is 45.5 cm³/mol.